The van der Waals surface area contributed by atoms with Crippen LogP contribution < -0.4 is 0 Å². The van der Waals surface area contributed by atoms with Crippen molar-refractivity contribution in [3.05, 3.63) is 35.1 Å². The van der Waals surface area contributed by atoms with E-state index in [-0.39, 0.29) is 18.2 Å². The van der Waals surface area contributed by atoms with Crippen molar-refractivity contribution in [2.45, 2.75) is 38.5 Å². The molecular formula is C14H17FO2. The summed E-state index contributed by atoms with van der Waals surface area (Å²) in [7, 11) is 0. The van der Waals surface area contributed by atoms with Crippen molar-refractivity contribution in [2.75, 3.05) is 0 Å². The van der Waals surface area contributed by atoms with Crippen LogP contribution in [0.5, 0.6) is 0 Å². The average Bonchev–Trinajstić information content (AvgIpc) is 2.56. The molecule has 92 valence electrons. The Kier molecular flexibility index (Phi) is 3.18. The van der Waals surface area contributed by atoms with Crippen LogP contribution in [0.15, 0.2) is 18.2 Å². The summed E-state index contributed by atoms with van der Waals surface area (Å²) in [6.45, 7) is 4.25. The lowest BCUT2D eigenvalue weighted by atomic mass is 9.89. The molecule has 0 saturated heterocycles. The molecule has 1 aromatic carbocycles. The number of carboxylic acids is 1. The summed E-state index contributed by atoms with van der Waals surface area (Å²) in [5, 5.41) is 8.90. The minimum absolute atomic E-state index is 0.0365. The molecule has 0 saturated carbocycles. The van der Waals surface area contributed by atoms with E-state index in [4.69, 9.17) is 5.11 Å². The standard InChI is InChI=1S/C14H17FO2/c1-8(2)12-5-9(6-14(16)17)13-7-10(15)3-4-11(12)13/h3-4,7-9,12H,5-6H2,1-2H3,(H,16,17). The summed E-state index contributed by atoms with van der Waals surface area (Å²) in [4.78, 5) is 10.8. The van der Waals surface area contributed by atoms with Crippen molar-refractivity contribution < 1.29 is 14.3 Å². The lowest BCUT2D eigenvalue weighted by molar-refractivity contribution is -0.137. The number of hydrogen-bond donors (Lipinski definition) is 1. The number of carboxylic acid groups (broad SMARTS) is 1. The van der Waals surface area contributed by atoms with Crippen molar-refractivity contribution in [1.82, 2.24) is 0 Å². The van der Waals surface area contributed by atoms with Gasteiger partial charge in [-0.05, 0) is 47.4 Å². The summed E-state index contributed by atoms with van der Waals surface area (Å²) in [6.07, 6.45) is 0.919. The number of aliphatic carboxylic acids is 1. The van der Waals surface area contributed by atoms with Gasteiger partial charge >= 0.3 is 5.97 Å². The van der Waals surface area contributed by atoms with Crippen molar-refractivity contribution in [2.24, 2.45) is 5.92 Å². The summed E-state index contributed by atoms with van der Waals surface area (Å²) in [5.74, 6) is -0.309. The van der Waals surface area contributed by atoms with E-state index in [0.29, 0.717) is 11.8 Å². The molecule has 2 atom stereocenters. The van der Waals surface area contributed by atoms with E-state index in [9.17, 15) is 9.18 Å². The fourth-order valence-corrected chi connectivity index (χ4v) is 2.83. The highest BCUT2D eigenvalue weighted by Crippen LogP contribution is 2.46. The molecule has 1 aliphatic rings. The van der Waals surface area contributed by atoms with Crippen LogP contribution in [0.3, 0.4) is 0 Å². The zero-order valence-corrected chi connectivity index (χ0v) is 10.1. The highest BCUT2D eigenvalue weighted by Gasteiger charge is 2.33. The van der Waals surface area contributed by atoms with E-state index in [2.05, 4.69) is 13.8 Å². The van der Waals surface area contributed by atoms with E-state index >= 15 is 0 Å². The van der Waals surface area contributed by atoms with Crippen molar-refractivity contribution in [1.29, 1.82) is 0 Å². The Morgan fingerprint density at radius 2 is 2.18 bits per heavy atom. The molecule has 3 heteroatoms. The van der Waals surface area contributed by atoms with Crippen LogP contribution in [-0.2, 0) is 4.79 Å². The second-order valence-corrected chi connectivity index (χ2v) is 5.15. The Morgan fingerprint density at radius 3 is 2.76 bits per heavy atom. The summed E-state index contributed by atoms with van der Waals surface area (Å²) < 4.78 is 13.3. The van der Waals surface area contributed by atoms with E-state index in [1.807, 2.05) is 6.07 Å². The Hall–Kier alpha value is -1.38. The van der Waals surface area contributed by atoms with Crippen molar-refractivity contribution >= 4 is 5.97 Å². The average molecular weight is 236 g/mol. The fourth-order valence-electron chi connectivity index (χ4n) is 2.83. The van der Waals surface area contributed by atoms with Gasteiger partial charge < -0.3 is 5.11 Å². The van der Waals surface area contributed by atoms with Gasteiger partial charge in [0.2, 0.25) is 0 Å². The third-order valence-electron chi connectivity index (χ3n) is 3.65. The molecule has 0 fully saturated rings. The van der Waals surface area contributed by atoms with E-state index in [1.54, 1.807) is 0 Å². The largest absolute Gasteiger partial charge is 0.481 e. The van der Waals surface area contributed by atoms with Crippen molar-refractivity contribution in [3.8, 4) is 0 Å². The molecule has 1 aromatic rings. The van der Waals surface area contributed by atoms with Crippen LogP contribution in [0, 0.1) is 11.7 Å². The predicted octanol–water partition coefficient (Wildman–Crippen LogP) is 3.53. The lowest BCUT2D eigenvalue weighted by Gasteiger charge is -2.15. The maximum Gasteiger partial charge on any atom is 0.303 e. The first-order chi connectivity index (χ1) is 7.99. The minimum atomic E-state index is -0.811. The molecule has 2 rings (SSSR count). The highest BCUT2D eigenvalue weighted by molar-refractivity contribution is 5.68. The molecule has 0 radical (unpaired) electrons. The summed E-state index contributed by atoms with van der Waals surface area (Å²) >= 11 is 0. The first kappa shape index (κ1) is 12.1. The van der Waals surface area contributed by atoms with Crippen LogP contribution in [0.25, 0.3) is 0 Å². The van der Waals surface area contributed by atoms with Crippen LogP contribution in [-0.4, -0.2) is 11.1 Å². The van der Waals surface area contributed by atoms with Gasteiger partial charge in [0.05, 0.1) is 6.42 Å². The van der Waals surface area contributed by atoms with Gasteiger partial charge in [-0.2, -0.15) is 0 Å². The van der Waals surface area contributed by atoms with Gasteiger partial charge in [-0.25, -0.2) is 4.39 Å². The third kappa shape index (κ3) is 2.33. The Morgan fingerprint density at radius 1 is 1.47 bits per heavy atom. The molecule has 0 heterocycles. The second-order valence-electron chi connectivity index (χ2n) is 5.15. The van der Waals surface area contributed by atoms with E-state index in [0.717, 1.165) is 17.5 Å². The molecular weight excluding hydrogens is 219 g/mol. The molecule has 1 N–H and O–H groups in total. The second kappa shape index (κ2) is 4.47. The lowest BCUT2D eigenvalue weighted by Crippen LogP contribution is -2.05. The predicted molar refractivity (Wildman–Crippen MR) is 63.6 cm³/mol. The monoisotopic (exact) mass is 236 g/mol. The van der Waals surface area contributed by atoms with Crippen LogP contribution in [0.1, 0.15) is 49.7 Å². The molecule has 2 unspecified atom stereocenters. The first-order valence-corrected chi connectivity index (χ1v) is 6.00. The number of hydrogen-bond acceptors (Lipinski definition) is 1. The number of fused-ring (bicyclic) bond motifs is 1. The van der Waals surface area contributed by atoms with Gasteiger partial charge in [-0.3, -0.25) is 4.79 Å². The highest BCUT2D eigenvalue weighted by atomic mass is 19.1. The van der Waals surface area contributed by atoms with E-state index < -0.39 is 5.97 Å². The number of carbonyl (C=O) groups is 1. The minimum Gasteiger partial charge on any atom is -0.481 e. The SMILES string of the molecule is CC(C)C1CC(CC(=O)O)c2cc(F)ccc21. The zero-order chi connectivity index (χ0) is 12.6. The smallest absolute Gasteiger partial charge is 0.303 e. The maximum absolute atomic E-state index is 13.3. The van der Waals surface area contributed by atoms with Crippen LogP contribution in [0.2, 0.25) is 0 Å². The number of halogens is 1. The Balaban J connectivity index is 2.37. The summed E-state index contributed by atoms with van der Waals surface area (Å²) in [6, 6.07) is 4.79. The molecule has 0 aliphatic heterocycles. The zero-order valence-electron chi connectivity index (χ0n) is 10.1. The van der Waals surface area contributed by atoms with Crippen LogP contribution in [0.4, 0.5) is 4.39 Å². The van der Waals surface area contributed by atoms with Gasteiger partial charge in [0.25, 0.3) is 0 Å². The third-order valence-corrected chi connectivity index (χ3v) is 3.65. The fraction of sp³-hybridized carbons (Fsp3) is 0.500. The van der Waals surface area contributed by atoms with Gasteiger partial charge in [-0.1, -0.05) is 19.9 Å². The number of rotatable bonds is 3. The van der Waals surface area contributed by atoms with Crippen LogP contribution >= 0.6 is 0 Å². The molecule has 0 amide bonds. The maximum atomic E-state index is 13.3. The van der Waals surface area contributed by atoms with Gasteiger partial charge in [-0.15, -0.1) is 0 Å². The van der Waals surface area contributed by atoms with E-state index in [1.165, 1.54) is 12.1 Å². The Bertz CT molecular complexity index is 440. The van der Waals surface area contributed by atoms with Gasteiger partial charge in [0.15, 0.2) is 0 Å². The van der Waals surface area contributed by atoms with Crippen molar-refractivity contribution in [3.63, 3.8) is 0 Å². The molecule has 0 aromatic heterocycles. The normalized spacial score (nSPS) is 22.8. The number of benzene rings is 1. The quantitative estimate of drug-likeness (QED) is 0.871. The topological polar surface area (TPSA) is 37.3 Å². The molecule has 0 bridgehead atoms. The molecule has 17 heavy (non-hydrogen) atoms. The Labute approximate surface area is 100 Å². The summed E-state index contributed by atoms with van der Waals surface area (Å²) in [5.41, 5.74) is 2.03. The first-order valence-electron chi connectivity index (χ1n) is 6.00. The molecule has 0 spiro atoms. The molecule has 1 aliphatic carbocycles. The van der Waals surface area contributed by atoms with Gasteiger partial charge in [0, 0.05) is 0 Å². The molecule has 2 nitrogen and oxygen atoms in total. The van der Waals surface area contributed by atoms with Gasteiger partial charge in [0.1, 0.15) is 5.82 Å².